The zero-order valence-corrected chi connectivity index (χ0v) is 16.3. The summed E-state index contributed by atoms with van der Waals surface area (Å²) in [4.78, 5) is 0. The van der Waals surface area contributed by atoms with Crippen LogP contribution in [0.2, 0.25) is 0 Å². The second-order valence-corrected chi connectivity index (χ2v) is 6.90. The van der Waals surface area contributed by atoms with E-state index in [0.717, 1.165) is 13.2 Å². The summed E-state index contributed by atoms with van der Waals surface area (Å²) in [5.74, 6) is 0. The van der Waals surface area contributed by atoms with Crippen molar-refractivity contribution in [3.8, 4) is 0 Å². The molecule has 0 rings (SSSR count). The Morgan fingerprint density at radius 3 is 1.48 bits per heavy atom. The molecular formula is C22H44O. The minimum Gasteiger partial charge on any atom is -0.381 e. The molecule has 0 aromatic rings. The van der Waals surface area contributed by atoms with Crippen LogP contribution in [-0.2, 0) is 4.74 Å². The van der Waals surface area contributed by atoms with Crippen LogP contribution in [0.15, 0.2) is 12.2 Å². The number of unbranched alkanes of at least 4 members (excludes halogenated alkanes) is 13. The van der Waals surface area contributed by atoms with Crippen LogP contribution in [0.25, 0.3) is 0 Å². The fraction of sp³-hybridized carbons (Fsp3) is 0.909. The van der Waals surface area contributed by atoms with Gasteiger partial charge in [-0.1, -0.05) is 90.2 Å². The molecule has 1 nitrogen and oxygen atoms in total. The van der Waals surface area contributed by atoms with Gasteiger partial charge < -0.3 is 4.74 Å². The predicted molar refractivity (Wildman–Crippen MR) is 105 cm³/mol. The predicted octanol–water partition coefficient (Wildman–Crippen LogP) is 7.84. The molecule has 0 atom stereocenters. The molecule has 0 heterocycles. The smallest absolute Gasteiger partial charge is 0.0466 e. The van der Waals surface area contributed by atoms with Gasteiger partial charge in [0, 0.05) is 13.2 Å². The highest BCUT2D eigenvalue weighted by Gasteiger charge is 1.92. The van der Waals surface area contributed by atoms with E-state index in [1.165, 1.54) is 103 Å². The summed E-state index contributed by atoms with van der Waals surface area (Å²) in [7, 11) is 0. The quantitative estimate of drug-likeness (QED) is 0.174. The zero-order chi connectivity index (χ0) is 16.8. The first kappa shape index (κ1) is 22.7. The van der Waals surface area contributed by atoms with Gasteiger partial charge in [-0.15, -0.1) is 0 Å². The van der Waals surface area contributed by atoms with Gasteiger partial charge in [-0.2, -0.15) is 0 Å². The third-order valence-electron chi connectivity index (χ3n) is 4.44. The van der Waals surface area contributed by atoms with Crippen molar-refractivity contribution in [1.29, 1.82) is 0 Å². The first-order valence-electron chi connectivity index (χ1n) is 10.6. The monoisotopic (exact) mass is 324 g/mol. The van der Waals surface area contributed by atoms with Crippen molar-refractivity contribution in [3.63, 3.8) is 0 Å². The number of hydrogen-bond acceptors (Lipinski definition) is 1. The SMILES string of the molecule is CCCCCCCC/C=C/CCCCCCCCOCCCC. The Morgan fingerprint density at radius 1 is 0.478 bits per heavy atom. The molecule has 0 aliphatic heterocycles. The largest absolute Gasteiger partial charge is 0.381 e. The maximum absolute atomic E-state index is 5.58. The molecule has 23 heavy (non-hydrogen) atoms. The molecule has 0 spiro atoms. The van der Waals surface area contributed by atoms with Gasteiger partial charge in [0.2, 0.25) is 0 Å². The summed E-state index contributed by atoms with van der Waals surface area (Å²) in [6.07, 6.45) is 26.5. The highest BCUT2D eigenvalue weighted by Crippen LogP contribution is 2.10. The van der Waals surface area contributed by atoms with Crippen LogP contribution in [-0.4, -0.2) is 13.2 Å². The Kier molecular flexibility index (Phi) is 21.4. The van der Waals surface area contributed by atoms with Crippen LogP contribution >= 0.6 is 0 Å². The summed E-state index contributed by atoms with van der Waals surface area (Å²) in [6, 6.07) is 0. The molecule has 0 amide bonds. The molecule has 0 aliphatic carbocycles. The maximum Gasteiger partial charge on any atom is 0.0466 e. The lowest BCUT2D eigenvalue weighted by atomic mass is 10.1. The first-order valence-corrected chi connectivity index (χ1v) is 10.6. The Morgan fingerprint density at radius 2 is 0.913 bits per heavy atom. The average molecular weight is 325 g/mol. The van der Waals surface area contributed by atoms with E-state index in [1.807, 2.05) is 0 Å². The van der Waals surface area contributed by atoms with Crippen molar-refractivity contribution in [2.24, 2.45) is 0 Å². The second kappa shape index (κ2) is 21.7. The van der Waals surface area contributed by atoms with E-state index in [2.05, 4.69) is 26.0 Å². The normalized spacial score (nSPS) is 11.6. The minimum absolute atomic E-state index is 0.960. The Hall–Kier alpha value is -0.300. The summed E-state index contributed by atoms with van der Waals surface area (Å²) in [5, 5.41) is 0. The first-order chi connectivity index (χ1) is 11.4. The van der Waals surface area contributed by atoms with E-state index >= 15 is 0 Å². The zero-order valence-electron chi connectivity index (χ0n) is 16.3. The third-order valence-corrected chi connectivity index (χ3v) is 4.44. The van der Waals surface area contributed by atoms with Crippen molar-refractivity contribution >= 4 is 0 Å². The van der Waals surface area contributed by atoms with Gasteiger partial charge in [0.25, 0.3) is 0 Å². The van der Waals surface area contributed by atoms with Crippen LogP contribution < -0.4 is 0 Å². The molecule has 0 fully saturated rings. The Balaban J connectivity index is 3.02. The van der Waals surface area contributed by atoms with Gasteiger partial charge in [-0.3, -0.25) is 0 Å². The molecule has 0 aromatic heterocycles. The van der Waals surface area contributed by atoms with Crippen molar-refractivity contribution in [1.82, 2.24) is 0 Å². The van der Waals surface area contributed by atoms with E-state index in [-0.39, 0.29) is 0 Å². The molecule has 0 aliphatic rings. The topological polar surface area (TPSA) is 9.23 Å². The lowest BCUT2D eigenvalue weighted by Gasteiger charge is -2.03. The van der Waals surface area contributed by atoms with Crippen molar-refractivity contribution in [3.05, 3.63) is 12.2 Å². The van der Waals surface area contributed by atoms with Gasteiger partial charge in [0.1, 0.15) is 0 Å². The molecule has 0 unspecified atom stereocenters. The van der Waals surface area contributed by atoms with Gasteiger partial charge in [-0.05, 0) is 38.5 Å². The minimum atomic E-state index is 0.960. The molecular weight excluding hydrogens is 280 g/mol. The Labute approximate surface area is 147 Å². The fourth-order valence-electron chi connectivity index (χ4n) is 2.80. The molecule has 0 aromatic carbocycles. The van der Waals surface area contributed by atoms with E-state index < -0.39 is 0 Å². The lowest BCUT2D eigenvalue weighted by molar-refractivity contribution is 0.127. The van der Waals surface area contributed by atoms with Gasteiger partial charge in [0.05, 0.1) is 0 Å². The maximum atomic E-state index is 5.58. The van der Waals surface area contributed by atoms with Crippen LogP contribution in [0.5, 0.6) is 0 Å². The van der Waals surface area contributed by atoms with E-state index in [4.69, 9.17) is 4.74 Å². The molecule has 0 N–H and O–H groups in total. The van der Waals surface area contributed by atoms with E-state index in [1.54, 1.807) is 0 Å². The average Bonchev–Trinajstić information content (AvgIpc) is 2.57. The Bertz CT molecular complexity index is 222. The van der Waals surface area contributed by atoms with Crippen LogP contribution in [0, 0.1) is 0 Å². The fourth-order valence-corrected chi connectivity index (χ4v) is 2.80. The molecule has 0 saturated carbocycles. The van der Waals surface area contributed by atoms with Gasteiger partial charge in [0.15, 0.2) is 0 Å². The summed E-state index contributed by atoms with van der Waals surface area (Å²) < 4.78 is 5.58. The lowest BCUT2D eigenvalue weighted by Crippen LogP contribution is -1.96. The summed E-state index contributed by atoms with van der Waals surface area (Å²) in [6.45, 7) is 6.43. The second-order valence-electron chi connectivity index (χ2n) is 6.90. The molecule has 0 radical (unpaired) electrons. The van der Waals surface area contributed by atoms with E-state index in [9.17, 15) is 0 Å². The van der Waals surface area contributed by atoms with Crippen LogP contribution in [0.3, 0.4) is 0 Å². The highest BCUT2D eigenvalue weighted by molar-refractivity contribution is 4.81. The molecule has 0 saturated heterocycles. The van der Waals surface area contributed by atoms with Gasteiger partial charge in [-0.25, -0.2) is 0 Å². The molecule has 1 heteroatoms. The number of allylic oxidation sites excluding steroid dienone is 2. The molecule has 0 bridgehead atoms. The summed E-state index contributed by atoms with van der Waals surface area (Å²) >= 11 is 0. The standard InChI is InChI=1S/C22H44O/c1-3-5-7-8-9-10-11-12-13-14-15-16-17-18-19-20-22-23-21-6-4-2/h12-13H,3-11,14-22H2,1-2H3/b13-12+. The van der Waals surface area contributed by atoms with Crippen LogP contribution in [0.4, 0.5) is 0 Å². The third kappa shape index (κ3) is 21.7. The highest BCUT2D eigenvalue weighted by atomic mass is 16.5. The number of rotatable bonds is 19. The summed E-state index contributed by atoms with van der Waals surface area (Å²) in [5.41, 5.74) is 0. The molecule has 138 valence electrons. The van der Waals surface area contributed by atoms with Crippen molar-refractivity contribution < 1.29 is 4.74 Å². The number of hydrogen-bond donors (Lipinski definition) is 0. The van der Waals surface area contributed by atoms with Gasteiger partial charge >= 0.3 is 0 Å². The van der Waals surface area contributed by atoms with Crippen molar-refractivity contribution in [2.75, 3.05) is 13.2 Å². The number of ether oxygens (including phenoxy) is 1. The van der Waals surface area contributed by atoms with E-state index in [0.29, 0.717) is 0 Å². The van der Waals surface area contributed by atoms with Crippen LogP contribution in [0.1, 0.15) is 117 Å². The van der Waals surface area contributed by atoms with Crippen molar-refractivity contribution in [2.45, 2.75) is 117 Å².